The molecule has 1 heterocycles. The molecule has 3 N–H and O–H groups in total. The molecule has 0 spiro atoms. The molecule has 0 aromatic heterocycles. The Morgan fingerprint density at radius 1 is 1.37 bits per heavy atom. The second-order valence-corrected chi connectivity index (χ2v) is 4.61. The Morgan fingerprint density at radius 2 is 2.16 bits per heavy atom. The Bertz CT molecular complexity index is 400. The third kappa shape index (κ3) is 4.54. The lowest BCUT2D eigenvalue weighted by atomic mass is 10.1. The van der Waals surface area contributed by atoms with Crippen molar-refractivity contribution < 1.29 is 14.3 Å². The minimum Gasteiger partial charge on any atom is -0.447 e. The monoisotopic (exact) mass is 264 g/mol. The molecule has 19 heavy (non-hydrogen) atoms. The summed E-state index contributed by atoms with van der Waals surface area (Å²) in [5, 5.41) is 2.68. The summed E-state index contributed by atoms with van der Waals surface area (Å²) in [5.41, 5.74) is 7.23. The van der Waals surface area contributed by atoms with Gasteiger partial charge in [-0.25, -0.2) is 4.79 Å². The lowest BCUT2D eigenvalue weighted by molar-refractivity contribution is -0.0203. The first-order chi connectivity index (χ1) is 9.28. The maximum atomic E-state index is 11.6. The van der Waals surface area contributed by atoms with E-state index >= 15 is 0 Å². The molecule has 1 unspecified atom stereocenters. The lowest BCUT2D eigenvalue weighted by Gasteiger charge is -2.22. The van der Waals surface area contributed by atoms with Gasteiger partial charge < -0.3 is 15.2 Å². The Labute approximate surface area is 113 Å². The Hall–Kier alpha value is -1.59. The number of benzene rings is 1. The highest BCUT2D eigenvalue weighted by molar-refractivity contribution is 5.84. The van der Waals surface area contributed by atoms with Crippen LogP contribution in [0.5, 0.6) is 0 Å². The van der Waals surface area contributed by atoms with Crippen molar-refractivity contribution >= 4 is 11.8 Å². The van der Waals surface area contributed by atoms with Crippen molar-refractivity contribution in [1.82, 2.24) is 0 Å². The van der Waals surface area contributed by atoms with Crippen LogP contribution in [0.2, 0.25) is 0 Å². The zero-order valence-corrected chi connectivity index (χ0v) is 10.9. The van der Waals surface area contributed by atoms with Crippen LogP contribution in [0.4, 0.5) is 10.5 Å². The molecule has 1 aromatic rings. The van der Waals surface area contributed by atoms with Crippen molar-refractivity contribution in [3.63, 3.8) is 0 Å². The van der Waals surface area contributed by atoms with E-state index in [1.807, 2.05) is 12.1 Å². The third-order valence-electron chi connectivity index (χ3n) is 3.11. The third-order valence-corrected chi connectivity index (χ3v) is 3.11. The number of carbonyl (C=O) groups is 1. The van der Waals surface area contributed by atoms with E-state index in [2.05, 4.69) is 5.32 Å². The SMILES string of the molecule is NCc1ccc(NC(=O)OCC2CCCCO2)cc1. The molecule has 104 valence electrons. The number of nitrogens with two attached hydrogens (primary N) is 1. The van der Waals surface area contributed by atoms with Gasteiger partial charge >= 0.3 is 6.09 Å². The molecule has 1 atom stereocenters. The van der Waals surface area contributed by atoms with Gasteiger partial charge in [-0.3, -0.25) is 5.32 Å². The van der Waals surface area contributed by atoms with Gasteiger partial charge in [0, 0.05) is 18.8 Å². The number of amides is 1. The predicted molar refractivity (Wildman–Crippen MR) is 72.9 cm³/mol. The van der Waals surface area contributed by atoms with Crippen LogP contribution in [0.1, 0.15) is 24.8 Å². The summed E-state index contributed by atoms with van der Waals surface area (Å²) < 4.78 is 10.6. The molecule has 1 amide bonds. The van der Waals surface area contributed by atoms with Gasteiger partial charge in [-0.05, 0) is 37.0 Å². The maximum Gasteiger partial charge on any atom is 0.411 e. The zero-order chi connectivity index (χ0) is 13.5. The van der Waals surface area contributed by atoms with Gasteiger partial charge in [-0.2, -0.15) is 0 Å². The van der Waals surface area contributed by atoms with Crippen molar-refractivity contribution in [2.45, 2.75) is 31.9 Å². The van der Waals surface area contributed by atoms with Crippen LogP contribution in [-0.4, -0.2) is 25.4 Å². The van der Waals surface area contributed by atoms with Crippen molar-refractivity contribution in [2.24, 2.45) is 5.73 Å². The summed E-state index contributed by atoms with van der Waals surface area (Å²) in [6, 6.07) is 7.36. The minimum absolute atomic E-state index is 0.0408. The molecule has 0 bridgehead atoms. The van der Waals surface area contributed by atoms with Crippen LogP contribution >= 0.6 is 0 Å². The number of anilines is 1. The van der Waals surface area contributed by atoms with Gasteiger partial charge in [0.2, 0.25) is 0 Å². The molecule has 1 aliphatic heterocycles. The topological polar surface area (TPSA) is 73.6 Å². The minimum atomic E-state index is -0.449. The summed E-state index contributed by atoms with van der Waals surface area (Å²) in [6.45, 7) is 1.56. The van der Waals surface area contributed by atoms with Crippen molar-refractivity contribution in [2.75, 3.05) is 18.5 Å². The molecule has 1 fully saturated rings. The summed E-state index contributed by atoms with van der Waals surface area (Å²) in [5.74, 6) is 0. The van der Waals surface area contributed by atoms with Gasteiger partial charge in [-0.1, -0.05) is 12.1 Å². The van der Waals surface area contributed by atoms with Crippen LogP contribution in [-0.2, 0) is 16.0 Å². The Balaban J connectivity index is 1.73. The highest BCUT2D eigenvalue weighted by Gasteiger charge is 2.15. The lowest BCUT2D eigenvalue weighted by Crippen LogP contribution is -2.27. The normalized spacial score (nSPS) is 18.9. The number of ether oxygens (including phenoxy) is 2. The van der Waals surface area contributed by atoms with Crippen molar-refractivity contribution in [1.29, 1.82) is 0 Å². The van der Waals surface area contributed by atoms with E-state index in [0.29, 0.717) is 18.8 Å². The van der Waals surface area contributed by atoms with Gasteiger partial charge in [0.05, 0.1) is 6.10 Å². The smallest absolute Gasteiger partial charge is 0.411 e. The second-order valence-electron chi connectivity index (χ2n) is 4.61. The van der Waals surface area contributed by atoms with Gasteiger partial charge in [0.25, 0.3) is 0 Å². The van der Waals surface area contributed by atoms with Crippen LogP contribution in [0.15, 0.2) is 24.3 Å². The molecule has 1 aliphatic rings. The van der Waals surface area contributed by atoms with E-state index in [1.54, 1.807) is 12.1 Å². The number of hydrogen-bond acceptors (Lipinski definition) is 4. The van der Waals surface area contributed by atoms with E-state index in [0.717, 1.165) is 31.4 Å². The molecule has 0 saturated carbocycles. The van der Waals surface area contributed by atoms with Gasteiger partial charge in [0.1, 0.15) is 6.61 Å². The highest BCUT2D eigenvalue weighted by atomic mass is 16.6. The average molecular weight is 264 g/mol. The molecule has 0 aliphatic carbocycles. The number of nitrogens with one attached hydrogen (secondary N) is 1. The zero-order valence-electron chi connectivity index (χ0n) is 10.9. The molecule has 2 rings (SSSR count). The Morgan fingerprint density at radius 3 is 2.79 bits per heavy atom. The van der Waals surface area contributed by atoms with Crippen molar-refractivity contribution in [3.05, 3.63) is 29.8 Å². The van der Waals surface area contributed by atoms with E-state index in [9.17, 15) is 4.79 Å². The molecule has 1 aromatic carbocycles. The fourth-order valence-electron chi connectivity index (χ4n) is 1.99. The van der Waals surface area contributed by atoms with E-state index < -0.39 is 6.09 Å². The molecule has 5 heteroatoms. The first-order valence-corrected chi connectivity index (χ1v) is 6.62. The summed E-state index contributed by atoms with van der Waals surface area (Å²) in [6.07, 6.45) is 2.78. The van der Waals surface area contributed by atoms with E-state index in [4.69, 9.17) is 15.2 Å². The van der Waals surface area contributed by atoms with Gasteiger partial charge in [0.15, 0.2) is 0 Å². The molecule has 5 nitrogen and oxygen atoms in total. The summed E-state index contributed by atoms with van der Waals surface area (Å²) in [4.78, 5) is 11.6. The quantitative estimate of drug-likeness (QED) is 0.874. The van der Waals surface area contributed by atoms with Crippen LogP contribution < -0.4 is 11.1 Å². The largest absolute Gasteiger partial charge is 0.447 e. The van der Waals surface area contributed by atoms with Gasteiger partial charge in [-0.15, -0.1) is 0 Å². The van der Waals surface area contributed by atoms with Crippen LogP contribution in [0, 0.1) is 0 Å². The fourth-order valence-corrected chi connectivity index (χ4v) is 1.99. The predicted octanol–water partition coefficient (Wildman–Crippen LogP) is 2.26. The number of rotatable bonds is 4. The molecular formula is C14H20N2O3. The van der Waals surface area contributed by atoms with Crippen molar-refractivity contribution in [3.8, 4) is 0 Å². The fraction of sp³-hybridized carbons (Fsp3) is 0.500. The average Bonchev–Trinajstić information content (AvgIpc) is 2.47. The van der Waals surface area contributed by atoms with E-state index in [1.165, 1.54) is 0 Å². The second kappa shape index (κ2) is 7.11. The maximum absolute atomic E-state index is 11.6. The first kappa shape index (κ1) is 13.8. The van der Waals surface area contributed by atoms with Crippen LogP contribution in [0.25, 0.3) is 0 Å². The summed E-state index contributed by atoms with van der Waals surface area (Å²) in [7, 11) is 0. The van der Waals surface area contributed by atoms with E-state index in [-0.39, 0.29) is 6.10 Å². The first-order valence-electron chi connectivity index (χ1n) is 6.62. The number of carbonyl (C=O) groups excluding carboxylic acids is 1. The highest BCUT2D eigenvalue weighted by Crippen LogP contribution is 2.13. The standard InChI is InChI=1S/C14H20N2O3/c15-9-11-4-6-12(7-5-11)16-14(17)19-10-13-3-1-2-8-18-13/h4-7,13H,1-3,8-10,15H2,(H,16,17). The summed E-state index contributed by atoms with van der Waals surface area (Å²) >= 11 is 0. The molecule has 1 saturated heterocycles. The molecule has 0 radical (unpaired) electrons. The van der Waals surface area contributed by atoms with Crippen LogP contribution in [0.3, 0.4) is 0 Å². The molecular weight excluding hydrogens is 244 g/mol. The Kier molecular flexibility index (Phi) is 5.18. The number of hydrogen-bond donors (Lipinski definition) is 2.